The normalized spacial score (nSPS) is 9.23. The lowest BCUT2D eigenvalue weighted by atomic mass is 10.0. The summed E-state index contributed by atoms with van der Waals surface area (Å²) < 4.78 is 0. The highest BCUT2D eigenvalue weighted by Crippen LogP contribution is 2.19. The number of hydrogen-bond donors (Lipinski definition) is 0. The molecule has 4 heteroatoms. The summed E-state index contributed by atoms with van der Waals surface area (Å²) in [6.07, 6.45) is 0. The Labute approximate surface area is 79.8 Å². The molecule has 0 aliphatic heterocycles. The minimum absolute atomic E-state index is 0.391. The van der Waals surface area contributed by atoms with E-state index in [1.165, 1.54) is 11.3 Å². The van der Waals surface area contributed by atoms with Crippen molar-refractivity contribution in [3.05, 3.63) is 21.9 Å². The van der Waals surface area contributed by atoms with Crippen LogP contribution in [0, 0.1) is 35.5 Å². The van der Waals surface area contributed by atoms with Crippen molar-refractivity contribution in [3.63, 3.8) is 0 Å². The third kappa shape index (κ3) is 1.74. The second-order valence-electron chi connectivity index (χ2n) is 2.49. The van der Waals surface area contributed by atoms with Crippen LogP contribution in [0.3, 0.4) is 0 Å². The first-order valence-corrected chi connectivity index (χ1v) is 4.46. The number of hydrogen-bond acceptors (Lipinski definition) is 4. The standard InChI is InChI=1S/C9H6N2OS/c1-6-2-3-13-9(6)8(12)7(4-10)5-11/h2-3,7H,1H3. The van der Waals surface area contributed by atoms with Gasteiger partial charge in [0.05, 0.1) is 17.0 Å². The molecule has 0 saturated carbocycles. The van der Waals surface area contributed by atoms with E-state index in [-0.39, 0.29) is 0 Å². The predicted molar refractivity (Wildman–Crippen MR) is 48.1 cm³/mol. The van der Waals surface area contributed by atoms with Crippen molar-refractivity contribution in [3.8, 4) is 12.1 Å². The number of Topliss-reactive ketones (excluding diaryl/α,β-unsaturated/α-hetero) is 1. The SMILES string of the molecule is Cc1ccsc1C(=O)C(C#N)C#N. The van der Waals surface area contributed by atoms with Crippen molar-refractivity contribution >= 4 is 17.1 Å². The molecular weight excluding hydrogens is 184 g/mol. The van der Waals surface area contributed by atoms with Crippen LogP contribution in [0.1, 0.15) is 15.2 Å². The van der Waals surface area contributed by atoms with E-state index < -0.39 is 11.7 Å². The fourth-order valence-corrected chi connectivity index (χ4v) is 1.80. The van der Waals surface area contributed by atoms with Crippen LogP contribution in [-0.2, 0) is 0 Å². The van der Waals surface area contributed by atoms with Crippen LogP contribution in [0.25, 0.3) is 0 Å². The number of carbonyl (C=O) groups excluding carboxylic acids is 1. The van der Waals surface area contributed by atoms with Crippen molar-refractivity contribution in [2.45, 2.75) is 6.92 Å². The van der Waals surface area contributed by atoms with Crippen molar-refractivity contribution in [2.75, 3.05) is 0 Å². The van der Waals surface area contributed by atoms with Crippen molar-refractivity contribution in [1.82, 2.24) is 0 Å². The number of nitrogens with zero attached hydrogens (tertiary/aromatic N) is 2. The van der Waals surface area contributed by atoms with Gasteiger partial charge in [-0.2, -0.15) is 10.5 Å². The summed E-state index contributed by atoms with van der Waals surface area (Å²) in [7, 11) is 0. The lowest BCUT2D eigenvalue weighted by Gasteiger charge is -1.97. The fraction of sp³-hybridized carbons (Fsp3) is 0.222. The van der Waals surface area contributed by atoms with Gasteiger partial charge < -0.3 is 0 Å². The smallest absolute Gasteiger partial charge is 0.204 e. The van der Waals surface area contributed by atoms with Gasteiger partial charge in [-0.05, 0) is 23.9 Å². The molecule has 1 aromatic rings. The van der Waals surface area contributed by atoms with Crippen LogP contribution >= 0.6 is 11.3 Å². The van der Waals surface area contributed by atoms with Gasteiger partial charge in [-0.3, -0.25) is 4.79 Å². The van der Waals surface area contributed by atoms with E-state index in [1.54, 1.807) is 30.5 Å². The number of nitriles is 2. The summed E-state index contributed by atoms with van der Waals surface area (Å²) in [5.41, 5.74) is 0.825. The first-order valence-electron chi connectivity index (χ1n) is 3.58. The Bertz CT molecular complexity index is 394. The monoisotopic (exact) mass is 190 g/mol. The van der Waals surface area contributed by atoms with Crippen molar-refractivity contribution in [2.24, 2.45) is 5.92 Å². The molecule has 0 spiro atoms. The highest BCUT2D eigenvalue weighted by molar-refractivity contribution is 7.12. The van der Waals surface area contributed by atoms with Gasteiger partial charge in [0.25, 0.3) is 0 Å². The largest absolute Gasteiger partial charge is 0.291 e. The van der Waals surface area contributed by atoms with Crippen LogP contribution in [0.4, 0.5) is 0 Å². The Morgan fingerprint density at radius 1 is 1.54 bits per heavy atom. The molecule has 3 nitrogen and oxygen atoms in total. The lowest BCUT2D eigenvalue weighted by molar-refractivity contribution is 0.0974. The van der Waals surface area contributed by atoms with E-state index in [9.17, 15) is 4.79 Å². The summed E-state index contributed by atoms with van der Waals surface area (Å²) in [5, 5.41) is 18.8. The van der Waals surface area contributed by atoms with Gasteiger partial charge in [0.2, 0.25) is 5.78 Å². The van der Waals surface area contributed by atoms with Crippen LogP contribution in [0.5, 0.6) is 0 Å². The minimum Gasteiger partial charge on any atom is -0.291 e. The zero-order chi connectivity index (χ0) is 9.84. The van der Waals surface area contributed by atoms with Crippen molar-refractivity contribution < 1.29 is 4.79 Å². The van der Waals surface area contributed by atoms with Crippen LogP contribution in [0.15, 0.2) is 11.4 Å². The number of thiophene rings is 1. The number of aryl methyl sites for hydroxylation is 1. The summed E-state index contributed by atoms with van der Waals surface area (Å²) in [4.78, 5) is 12.0. The number of carbonyl (C=O) groups is 1. The molecule has 0 bridgehead atoms. The van der Waals surface area contributed by atoms with Gasteiger partial charge >= 0.3 is 0 Å². The quantitative estimate of drug-likeness (QED) is 0.669. The van der Waals surface area contributed by atoms with Gasteiger partial charge in [0.15, 0.2) is 5.92 Å². The molecule has 64 valence electrons. The Morgan fingerprint density at radius 2 is 2.15 bits per heavy atom. The van der Waals surface area contributed by atoms with Crippen LogP contribution < -0.4 is 0 Å². The first kappa shape index (κ1) is 9.44. The average molecular weight is 190 g/mol. The molecule has 0 unspecified atom stereocenters. The molecule has 13 heavy (non-hydrogen) atoms. The molecule has 0 N–H and O–H groups in total. The number of ketones is 1. The summed E-state index contributed by atoms with van der Waals surface area (Å²) in [6, 6.07) is 5.12. The maximum absolute atomic E-state index is 11.5. The van der Waals surface area contributed by atoms with E-state index >= 15 is 0 Å². The van der Waals surface area contributed by atoms with E-state index in [0.29, 0.717) is 4.88 Å². The first-order chi connectivity index (χ1) is 6.20. The molecular formula is C9H6N2OS. The molecule has 0 aliphatic carbocycles. The molecule has 0 amide bonds. The van der Waals surface area contributed by atoms with Gasteiger partial charge in [0, 0.05) is 0 Å². The van der Waals surface area contributed by atoms with Gasteiger partial charge in [0.1, 0.15) is 0 Å². The molecule has 0 saturated heterocycles. The molecule has 1 heterocycles. The molecule has 0 fully saturated rings. The van der Waals surface area contributed by atoms with E-state index in [1.807, 2.05) is 0 Å². The molecule has 0 aliphatic rings. The third-order valence-corrected chi connectivity index (χ3v) is 2.64. The minimum atomic E-state index is -1.17. The fourth-order valence-electron chi connectivity index (χ4n) is 0.902. The molecule has 0 radical (unpaired) electrons. The second-order valence-corrected chi connectivity index (χ2v) is 3.40. The Morgan fingerprint density at radius 3 is 2.54 bits per heavy atom. The molecule has 1 rings (SSSR count). The topological polar surface area (TPSA) is 64.7 Å². The number of rotatable bonds is 2. The van der Waals surface area contributed by atoms with Crippen molar-refractivity contribution in [1.29, 1.82) is 10.5 Å². The van der Waals surface area contributed by atoms with E-state index in [0.717, 1.165) is 5.56 Å². The Kier molecular flexibility index (Phi) is 2.79. The lowest BCUT2D eigenvalue weighted by Crippen LogP contribution is -2.09. The highest BCUT2D eigenvalue weighted by Gasteiger charge is 2.21. The van der Waals surface area contributed by atoms with Gasteiger partial charge in [-0.15, -0.1) is 11.3 Å². The summed E-state index contributed by atoms with van der Waals surface area (Å²) in [5.74, 6) is -1.56. The zero-order valence-corrected chi connectivity index (χ0v) is 7.76. The van der Waals surface area contributed by atoms with Crippen LogP contribution in [0.2, 0.25) is 0 Å². The van der Waals surface area contributed by atoms with Gasteiger partial charge in [-0.1, -0.05) is 0 Å². The summed E-state index contributed by atoms with van der Waals surface area (Å²) in [6.45, 7) is 1.79. The second kappa shape index (κ2) is 3.84. The highest BCUT2D eigenvalue weighted by atomic mass is 32.1. The van der Waals surface area contributed by atoms with E-state index in [4.69, 9.17) is 10.5 Å². The third-order valence-electron chi connectivity index (χ3n) is 1.61. The Balaban J connectivity index is 3.01. The Hall–Kier alpha value is -1.65. The zero-order valence-electron chi connectivity index (χ0n) is 6.94. The van der Waals surface area contributed by atoms with Crippen LogP contribution in [-0.4, -0.2) is 5.78 Å². The molecule has 0 atom stereocenters. The summed E-state index contributed by atoms with van der Waals surface area (Å²) >= 11 is 1.26. The average Bonchev–Trinajstić information content (AvgIpc) is 2.53. The maximum atomic E-state index is 11.5. The van der Waals surface area contributed by atoms with Gasteiger partial charge in [-0.25, -0.2) is 0 Å². The van der Waals surface area contributed by atoms with E-state index in [2.05, 4.69) is 0 Å². The molecule has 1 aromatic heterocycles. The molecule has 0 aromatic carbocycles. The maximum Gasteiger partial charge on any atom is 0.204 e. The predicted octanol–water partition coefficient (Wildman–Crippen LogP) is 1.90.